The smallest absolute Gasteiger partial charge is 0.262 e. The first kappa shape index (κ1) is 21.4. The Kier molecular flexibility index (Phi) is 6.65. The molecule has 0 atom stereocenters. The van der Waals surface area contributed by atoms with E-state index in [1.807, 2.05) is 42.5 Å². The summed E-state index contributed by atoms with van der Waals surface area (Å²) in [6.45, 7) is 0.654. The minimum Gasteiger partial charge on any atom is -0.484 e. The van der Waals surface area contributed by atoms with Crippen molar-refractivity contribution in [2.24, 2.45) is 5.92 Å². The van der Waals surface area contributed by atoms with Crippen LogP contribution < -0.4 is 20.7 Å². The van der Waals surface area contributed by atoms with Gasteiger partial charge in [-0.3, -0.25) is 14.4 Å². The predicted molar refractivity (Wildman–Crippen MR) is 123 cm³/mol. The van der Waals surface area contributed by atoms with Crippen LogP contribution in [0.2, 0.25) is 0 Å². The summed E-state index contributed by atoms with van der Waals surface area (Å²) in [5.41, 5.74) is 1.05. The van der Waals surface area contributed by atoms with Crippen LogP contribution in [0.1, 0.15) is 23.2 Å². The summed E-state index contributed by atoms with van der Waals surface area (Å²) in [6, 6.07) is 20.2. The van der Waals surface area contributed by atoms with E-state index in [0.717, 1.165) is 23.6 Å². The number of nitrogens with one attached hydrogen (secondary N) is 3. The molecule has 1 fully saturated rings. The molecule has 3 amide bonds. The van der Waals surface area contributed by atoms with Gasteiger partial charge in [0, 0.05) is 30.3 Å². The Morgan fingerprint density at radius 3 is 2.31 bits per heavy atom. The van der Waals surface area contributed by atoms with Gasteiger partial charge >= 0.3 is 0 Å². The topological polar surface area (TPSA) is 96.5 Å². The van der Waals surface area contributed by atoms with Gasteiger partial charge < -0.3 is 20.7 Å². The number of hydrogen-bond donors (Lipinski definition) is 3. The average Bonchev–Trinajstić information content (AvgIpc) is 3.66. The molecule has 1 saturated carbocycles. The molecule has 0 spiro atoms. The second-order valence-corrected chi connectivity index (χ2v) is 7.74. The number of carbonyl (C=O) groups excluding carboxylic acids is 3. The Morgan fingerprint density at radius 2 is 1.56 bits per heavy atom. The van der Waals surface area contributed by atoms with Gasteiger partial charge in [-0.15, -0.1) is 0 Å². The van der Waals surface area contributed by atoms with E-state index >= 15 is 0 Å². The van der Waals surface area contributed by atoms with Gasteiger partial charge in [0.15, 0.2) is 6.61 Å². The lowest BCUT2D eigenvalue weighted by Gasteiger charge is -2.09. The predicted octanol–water partition coefficient (Wildman–Crippen LogP) is 3.11. The van der Waals surface area contributed by atoms with Gasteiger partial charge in [-0.05, 0) is 60.0 Å². The molecule has 1 aliphatic rings. The van der Waals surface area contributed by atoms with Crippen molar-refractivity contribution >= 4 is 34.2 Å². The molecule has 7 heteroatoms. The van der Waals surface area contributed by atoms with E-state index in [9.17, 15) is 14.4 Å². The molecule has 3 aromatic carbocycles. The SMILES string of the molecule is O=C(COc1ccc2ccccc2c1)Nc1ccc(C(=O)NCCNC(=O)C2CC2)cc1. The first-order chi connectivity index (χ1) is 15.6. The Bertz CT molecular complexity index is 1120. The number of benzene rings is 3. The fourth-order valence-electron chi connectivity index (χ4n) is 3.26. The van der Waals surface area contributed by atoms with Gasteiger partial charge in [0.2, 0.25) is 5.91 Å². The summed E-state index contributed by atoms with van der Waals surface area (Å²) in [6.07, 6.45) is 1.91. The second kappa shape index (κ2) is 9.96. The monoisotopic (exact) mass is 431 g/mol. The minimum atomic E-state index is -0.290. The lowest BCUT2D eigenvalue weighted by Crippen LogP contribution is -2.35. The van der Waals surface area contributed by atoms with E-state index in [-0.39, 0.29) is 30.2 Å². The molecule has 0 aromatic heterocycles. The third-order valence-corrected chi connectivity index (χ3v) is 5.18. The van der Waals surface area contributed by atoms with E-state index in [4.69, 9.17) is 4.74 Å². The number of ether oxygens (including phenoxy) is 1. The summed E-state index contributed by atoms with van der Waals surface area (Å²) < 4.78 is 5.59. The summed E-state index contributed by atoms with van der Waals surface area (Å²) in [7, 11) is 0. The molecule has 164 valence electrons. The highest BCUT2D eigenvalue weighted by atomic mass is 16.5. The van der Waals surface area contributed by atoms with Crippen molar-refractivity contribution < 1.29 is 19.1 Å². The van der Waals surface area contributed by atoms with Crippen molar-refractivity contribution in [2.45, 2.75) is 12.8 Å². The molecule has 0 aliphatic heterocycles. The zero-order chi connectivity index (χ0) is 22.3. The van der Waals surface area contributed by atoms with Crippen LogP contribution in [0, 0.1) is 5.92 Å². The van der Waals surface area contributed by atoms with Crippen molar-refractivity contribution in [2.75, 3.05) is 25.0 Å². The average molecular weight is 431 g/mol. The molecular weight excluding hydrogens is 406 g/mol. The number of fused-ring (bicyclic) bond motifs is 1. The molecule has 0 saturated heterocycles. The summed E-state index contributed by atoms with van der Waals surface area (Å²) >= 11 is 0. The normalized spacial score (nSPS) is 12.8. The van der Waals surface area contributed by atoms with Crippen LogP contribution in [0.15, 0.2) is 66.7 Å². The fraction of sp³-hybridized carbons (Fsp3) is 0.240. The van der Waals surface area contributed by atoms with Crippen molar-refractivity contribution in [3.05, 3.63) is 72.3 Å². The van der Waals surface area contributed by atoms with E-state index in [0.29, 0.717) is 30.1 Å². The standard InChI is InChI=1S/C25H25N3O4/c29-23(16-32-22-12-9-17-3-1-2-4-20(17)15-22)28-21-10-7-19(8-11-21)25(31)27-14-13-26-24(30)18-5-6-18/h1-4,7-12,15,18H,5-6,13-14,16H2,(H,26,30)(H,27,31)(H,28,29). The maximum absolute atomic E-state index is 12.2. The van der Waals surface area contributed by atoms with Gasteiger partial charge in [0.1, 0.15) is 5.75 Å². The molecule has 32 heavy (non-hydrogen) atoms. The van der Waals surface area contributed by atoms with Crippen LogP contribution in [0.3, 0.4) is 0 Å². The van der Waals surface area contributed by atoms with Crippen LogP contribution in [0.25, 0.3) is 10.8 Å². The van der Waals surface area contributed by atoms with Crippen LogP contribution >= 0.6 is 0 Å². The Morgan fingerprint density at radius 1 is 0.844 bits per heavy atom. The van der Waals surface area contributed by atoms with Crippen LogP contribution in [0.5, 0.6) is 5.75 Å². The zero-order valence-corrected chi connectivity index (χ0v) is 17.6. The summed E-state index contributed by atoms with van der Waals surface area (Å²) in [5.74, 6) is 0.319. The van der Waals surface area contributed by atoms with Gasteiger partial charge in [-0.1, -0.05) is 30.3 Å². The molecule has 1 aliphatic carbocycles. The third-order valence-electron chi connectivity index (χ3n) is 5.18. The maximum atomic E-state index is 12.2. The largest absolute Gasteiger partial charge is 0.484 e. The maximum Gasteiger partial charge on any atom is 0.262 e. The summed E-state index contributed by atoms with van der Waals surface area (Å²) in [4.78, 5) is 35.9. The van der Waals surface area contributed by atoms with Crippen LogP contribution in [0.4, 0.5) is 5.69 Å². The highest BCUT2D eigenvalue weighted by Crippen LogP contribution is 2.28. The Labute approximate surface area is 186 Å². The van der Waals surface area contributed by atoms with Gasteiger partial charge in [0.05, 0.1) is 0 Å². The van der Waals surface area contributed by atoms with E-state index in [2.05, 4.69) is 16.0 Å². The molecule has 0 unspecified atom stereocenters. The zero-order valence-electron chi connectivity index (χ0n) is 17.6. The van der Waals surface area contributed by atoms with E-state index < -0.39 is 0 Å². The van der Waals surface area contributed by atoms with Gasteiger partial charge in [0.25, 0.3) is 11.8 Å². The lowest BCUT2D eigenvalue weighted by molar-refractivity contribution is -0.122. The quantitative estimate of drug-likeness (QED) is 0.454. The summed E-state index contributed by atoms with van der Waals surface area (Å²) in [5, 5.41) is 10.5. The third kappa shape index (κ3) is 5.85. The molecule has 3 aromatic rings. The van der Waals surface area contributed by atoms with Crippen LogP contribution in [-0.2, 0) is 9.59 Å². The molecule has 0 bridgehead atoms. The highest BCUT2D eigenvalue weighted by molar-refractivity contribution is 5.96. The van der Waals surface area contributed by atoms with Crippen molar-refractivity contribution in [1.82, 2.24) is 10.6 Å². The second-order valence-electron chi connectivity index (χ2n) is 7.74. The number of amides is 3. The minimum absolute atomic E-state index is 0.0592. The molecule has 7 nitrogen and oxygen atoms in total. The first-order valence-electron chi connectivity index (χ1n) is 10.7. The van der Waals surface area contributed by atoms with Crippen molar-refractivity contribution in [3.63, 3.8) is 0 Å². The van der Waals surface area contributed by atoms with Gasteiger partial charge in [-0.25, -0.2) is 0 Å². The van der Waals surface area contributed by atoms with Crippen molar-refractivity contribution in [3.8, 4) is 5.75 Å². The highest BCUT2D eigenvalue weighted by Gasteiger charge is 2.28. The number of carbonyl (C=O) groups is 3. The van der Waals surface area contributed by atoms with Gasteiger partial charge in [-0.2, -0.15) is 0 Å². The number of hydrogen-bond acceptors (Lipinski definition) is 4. The lowest BCUT2D eigenvalue weighted by atomic mass is 10.1. The number of anilines is 1. The first-order valence-corrected chi connectivity index (χ1v) is 10.7. The molecule has 4 rings (SSSR count). The Hall–Kier alpha value is -3.87. The molecule has 3 N–H and O–H groups in total. The Balaban J connectivity index is 1.20. The molecule has 0 radical (unpaired) electrons. The van der Waals surface area contributed by atoms with Crippen molar-refractivity contribution in [1.29, 1.82) is 0 Å². The molecule has 0 heterocycles. The van der Waals surface area contributed by atoms with E-state index in [1.54, 1.807) is 24.3 Å². The van der Waals surface area contributed by atoms with Crippen LogP contribution in [-0.4, -0.2) is 37.4 Å². The van der Waals surface area contributed by atoms with E-state index in [1.165, 1.54) is 0 Å². The fourth-order valence-corrected chi connectivity index (χ4v) is 3.26. The number of rotatable bonds is 9. The molecular formula is C25H25N3O4.